The number of aromatic nitrogens is 2. The Bertz CT molecular complexity index is 1320. The van der Waals surface area contributed by atoms with Gasteiger partial charge in [0.2, 0.25) is 0 Å². The largest absolute Gasteiger partial charge is 0.355 e. The first-order valence-corrected chi connectivity index (χ1v) is 12.3. The fourth-order valence-electron chi connectivity index (χ4n) is 5.11. The lowest BCUT2D eigenvalue weighted by molar-refractivity contribution is -0.0863. The summed E-state index contributed by atoms with van der Waals surface area (Å²) in [7, 11) is 0. The van der Waals surface area contributed by atoms with Crippen LogP contribution in [-0.4, -0.2) is 21.8 Å². The number of aryl methyl sites for hydroxylation is 1. The number of ether oxygens (including phenoxy) is 2. The number of aromatic amines is 1. The molecule has 3 aromatic carbocycles. The van der Waals surface area contributed by atoms with Gasteiger partial charge in [0, 0.05) is 18.2 Å². The molecule has 0 spiro atoms. The fraction of sp³-hybridized carbons (Fsp3) is 0.267. The van der Waals surface area contributed by atoms with Crippen LogP contribution in [0.2, 0.25) is 0 Å². The van der Waals surface area contributed by atoms with E-state index in [4.69, 9.17) is 9.47 Å². The third-order valence-electron chi connectivity index (χ3n) is 6.91. The van der Waals surface area contributed by atoms with Crippen molar-refractivity contribution in [3.05, 3.63) is 140 Å². The molecule has 0 radical (unpaired) electrons. The third-order valence-corrected chi connectivity index (χ3v) is 6.91. The molecule has 5 rings (SSSR count). The Labute approximate surface area is 210 Å². The highest BCUT2D eigenvalue weighted by Gasteiger charge is 2.45. The summed E-state index contributed by atoms with van der Waals surface area (Å²) in [5.41, 5.74) is 1.75. The second-order valence-corrected chi connectivity index (χ2v) is 9.19. The molecule has 0 aliphatic carbocycles. The number of H-pyrrole nitrogens is 1. The topological polar surface area (TPSA) is 73.3 Å². The first-order valence-electron chi connectivity index (χ1n) is 12.3. The molecule has 1 aromatic heterocycles. The summed E-state index contributed by atoms with van der Waals surface area (Å²) in [6.07, 6.45) is 1.68. The average Bonchev–Trinajstić information content (AvgIpc) is 3.33. The molecular weight excluding hydrogens is 452 g/mol. The molecule has 1 aliphatic heterocycles. The van der Waals surface area contributed by atoms with Gasteiger partial charge in [-0.3, -0.25) is 14.3 Å². The van der Waals surface area contributed by atoms with Gasteiger partial charge in [-0.1, -0.05) is 97.9 Å². The van der Waals surface area contributed by atoms with Crippen molar-refractivity contribution in [1.29, 1.82) is 0 Å². The summed E-state index contributed by atoms with van der Waals surface area (Å²) >= 11 is 0. The van der Waals surface area contributed by atoms with Gasteiger partial charge >= 0.3 is 5.69 Å². The molecule has 1 fully saturated rings. The molecule has 0 amide bonds. The highest BCUT2D eigenvalue weighted by atomic mass is 16.6. The number of benzene rings is 3. The molecule has 0 unspecified atom stereocenters. The maximum absolute atomic E-state index is 12.6. The molecule has 0 saturated carbocycles. The fourth-order valence-corrected chi connectivity index (χ4v) is 5.11. The van der Waals surface area contributed by atoms with E-state index in [0.29, 0.717) is 18.4 Å². The van der Waals surface area contributed by atoms with Crippen molar-refractivity contribution in [2.75, 3.05) is 0 Å². The van der Waals surface area contributed by atoms with Crippen molar-refractivity contribution in [2.24, 2.45) is 0 Å². The maximum Gasteiger partial charge on any atom is 0.330 e. The van der Waals surface area contributed by atoms with E-state index in [9.17, 15) is 9.59 Å². The average molecular weight is 483 g/mol. The van der Waals surface area contributed by atoms with Gasteiger partial charge in [-0.25, -0.2) is 4.79 Å². The highest BCUT2D eigenvalue weighted by Crippen LogP contribution is 2.45. The minimum absolute atomic E-state index is 0.232. The molecule has 4 aromatic rings. The van der Waals surface area contributed by atoms with Crippen molar-refractivity contribution >= 4 is 0 Å². The van der Waals surface area contributed by atoms with Crippen molar-refractivity contribution in [3.8, 4) is 0 Å². The van der Waals surface area contributed by atoms with Crippen molar-refractivity contribution in [2.45, 2.75) is 50.7 Å². The van der Waals surface area contributed by atoms with E-state index in [1.54, 1.807) is 13.1 Å². The van der Waals surface area contributed by atoms with Gasteiger partial charge in [0.25, 0.3) is 5.56 Å². The molecule has 1 aliphatic rings. The van der Waals surface area contributed by atoms with E-state index in [0.717, 1.165) is 16.7 Å². The van der Waals surface area contributed by atoms with Gasteiger partial charge < -0.3 is 9.47 Å². The lowest BCUT2D eigenvalue weighted by Crippen LogP contribution is -2.39. The zero-order valence-corrected chi connectivity index (χ0v) is 20.5. The van der Waals surface area contributed by atoms with Crippen molar-refractivity contribution in [3.63, 3.8) is 0 Å². The Hall–Kier alpha value is -3.74. The molecule has 6 heteroatoms. The van der Waals surface area contributed by atoms with Gasteiger partial charge in [0.05, 0.1) is 12.2 Å². The predicted molar refractivity (Wildman–Crippen MR) is 139 cm³/mol. The second kappa shape index (κ2) is 10.1. The van der Waals surface area contributed by atoms with Gasteiger partial charge in [-0.05, 0) is 30.0 Å². The Morgan fingerprint density at radius 1 is 0.889 bits per heavy atom. The molecular formula is C30H30N2O4. The van der Waals surface area contributed by atoms with E-state index in [2.05, 4.69) is 48.3 Å². The minimum atomic E-state index is -0.883. The van der Waals surface area contributed by atoms with Crippen LogP contribution in [0.5, 0.6) is 0 Å². The zero-order valence-electron chi connectivity index (χ0n) is 20.5. The van der Waals surface area contributed by atoms with Crippen LogP contribution in [0.15, 0.2) is 107 Å². The van der Waals surface area contributed by atoms with Crippen LogP contribution in [-0.2, 0) is 15.1 Å². The normalized spacial score (nSPS) is 19.9. The zero-order chi connectivity index (χ0) is 25.1. The van der Waals surface area contributed by atoms with Crippen LogP contribution < -0.4 is 11.2 Å². The summed E-state index contributed by atoms with van der Waals surface area (Å²) in [5.74, 6) is 0. The van der Waals surface area contributed by atoms with E-state index in [1.165, 1.54) is 4.57 Å². The lowest BCUT2D eigenvalue weighted by atomic mass is 9.79. The number of nitrogens with zero attached hydrogens (tertiary/aromatic N) is 1. The van der Waals surface area contributed by atoms with E-state index in [-0.39, 0.29) is 17.8 Å². The Morgan fingerprint density at radius 3 is 1.86 bits per heavy atom. The SMILES string of the molecule is CC[C@H]1O[C@@H](n2cc(C)c(=O)[nH]c2=O)C[C@H]1OC(c1ccccc1)(c1ccccc1)c1ccccc1. The van der Waals surface area contributed by atoms with Gasteiger partial charge in [-0.2, -0.15) is 0 Å². The first-order chi connectivity index (χ1) is 17.5. The smallest absolute Gasteiger partial charge is 0.330 e. The van der Waals surface area contributed by atoms with Gasteiger partial charge in [0.15, 0.2) is 0 Å². The summed E-state index contributed by atoms with van der Waals surface area (Å²) in [6.45, 7) is 3.74. The molecule has 36 heavy (non-hydrogen) atoms. The van der Waals surface area contributed by atoms with E-state index in [1.807, 2.05) is 54.6 Å². The van der Waals surface area contributed by atoms with E-state index < -0.39 is 17.5 Å². The maximum atomic E-state index is 12.6. The van der Waals surface area contributed by atoms with Crippen LogP contribution in [0.4, 0.5) is 0 Å². The van der Waals surface area contributed by atoms with Crippen LogP contribution in [0.1, 0.15) is 48.2 Å². The summed E-state index contributed by atoms with van der Waals surface area (Å²) in [4.78, 5) is 26.9. The molecule has 0 bridgehead atoms. The monoisotopic (exact) mass is 482 g/mol. The minimum Gasteiger partial charge on any atom is -0.355 e. The number of hydrogen-bond donors (Lipinski definition) is 1. The lowest BCUT2D eigenvalue weighted by Gasteiger charge is -2.39. The molecule has 184 valence electrons. The van der Waals surface area contributed by atoms with Crippen molar-refractivity contribution < 1.29 is 9.47 Å². The number of hydrogen-bond acceptors (Lipinski definition) is 4. The number of rotatable bonds is 7. The van der Waals surface area contributed by atoms with Gasteiger partial charge in [-0.15, -0.1) is 0 Å². The summed E-state index contributed by atoms with van der Waals surface area (Å²) in [5, 5.41) is 0. The molecule has 1 saturated heterocycles. The third kappa shape index (κ3) is 4.34. The predicted octanol–water partition coefficient (Wildman–Crippen LogP) is 4.92. The molecule has 2 heterocycles. The van der Waals surface area contributed by atoms with E-state index >= 15 is 0 Å². The Morgan fingerprint density at radius 2 is 1.39 bits per heavy atom. The first kappa shape index (κ1) is 24.0. The molecule has 3 atom stereocenters. The van der Waals surface area contributed by atoms with Crippen LogP contribution in [0.3, 0.4) is 0 Å². The Kier molecular flexibility index (Phi) is 6.72. The summed E-state index contributed by atoms with van der Waals surface area (Å²) < 4.78 is 15.0. The second-order valence-electron chi connectivity index (χ2n) is 9.19. The van der Waals surface area contributed by atoms with Crippen LogP contribution in [0, 0.1) is 6.92 Å². The number of nitrogens with one attached hydrogen (secondary N) is 1. The van der Waals surface area contributed by atoms with Crippen LogP contribution >= 0.6 is 0 Å². The highest BCUT2D eigenvalue weighted by molar-refractivity contribution is 5.47. The van der Waals surface area contributed by atoms with Crippen molar-refractivity contribution in [1.82, 2.24) is 9.55 Å². The molecule has 1 N–H and O–H groups in total. The molecule has 6 nitrogen and oxygen atoms in total. The van der Waals surface area contributed by atoms with Gasteiger partial charge in [0.1, 0.15) is 11.8 Å². The quantitative estimate of drug-likeness (QED) is 0.380. The Balaban J connectivity index is 1.62. The standard InChI is InChI=1S/C30H30N2O4/c1-3-25-26(19-27(35-25)32-20-21(2)28(33)31-29(32)34)36-30(22-13-7-4-8-14-22,23-15-9-5-10-16-23)24-17-11-6-12-18-24/h4-18,20,25-27H,3,19H2,1-2H3,(H,31,33,34)/t25-,26-,27-/m1/s1. The summed E-state index contributed by atoms with van der Waals surface area (Å²) in [6, 6.07) is 30.6. The van der Waals surface area contributed by atoms with Crippen LogP contribution in [0.25, 0.3) is 0 Å².